The minimum absolute atomic E-state index is 0.200. The van der Waals surface area contributed by atoms with E-state index in [0.29, 0.717) is 6.04 Å². The van der Waals surface area contributed by atoms with Gasteiger partial charge in [0.2, 0.25) is 0 Å². The maximum atomic E-state index is 6.25. The molecule has 2 heteroatoms. The average Bonchev–Trinajstić information content (AvgIpc) is 2.31. The summed E-state index contributed by atoms with van der Waals surface area (Å²) < 4.78 is 0. The predicted octanol–water partition coefficient (Wildman–Crippen LogP) is 2.73. The Labute approximate surface area is 99.5 Å². The second-order valence-corrected chi connectivity index (χ2v) is 4.45. The van der Waals surface area contributed by atoms with E-state index in [-0.39, 0.29) is 6.04 Å². The normalized spacial score (nSPS) is 15.1. The van der Waals surface area contributed by atoms with Crippen molar-refractivity contribution in [1.82, 2.24) is 4.90 Å². The maximum absolute atomic E-state index is 6.25. The largest absolute Gasteiger partial charge is 0.326 e. The minimum atomic E-state index is 0.200. The fourth-order valence-corrected chi connectivity index (χ4v) is 2.13. The molecule has 0 aliphatic heterocycles. The van der Waals surface area contributed by atoms with Crippen LogP contribution >= 0.6 is 0 Å². The van der Waals surface area contributed by atoms with Gasteiger partial charge in [-0.15, -0.1) is 0 Å². The summed E-state index contributed by atoms with van der Waals surface area (Å²) in [5, 5.41) is 0. The van der Waals surface area contributed by atoms with Crippen LogP contribution in [-0.2, 0) is 0 Å². The van der Waals surface area contributed by atoms with E-state index >= 15 is 0 Å². The second kappa shape index (κ2) is 6.02. The van der Waals surface area contributed by atoms with Gasteiger partial charge in [-0.25, -0.2) is 0 Å². The molecule has 0 radical (unpaired) electrons. The Morgan fingerprint density at radius 1 is 1.25 bits per heavy atom. The lowest BCUT2D eigenvalue weighted by molar-refractivity contribution is 0.219. The van der Waals surface area contributed by atoms with Crippen molar-refractivity contribution in [2.45, 2.75) is 39.3 Å². The number of rotatable bonds is 5. The summed E-state index contributed by atoms with van der Waals surface area (Å²) in [4.78, 5) is 2.33. The Morgan fingerprint density at radius 2 is 1.88 bits per heavy atom. The van der Waals surface area contributed by atoms with Crippen molar-refractivity contribution in [3.05, 3.63) is 35.4 Å². The maximum Gasteiger partial charge on any atom is 0.0498 e. The smallest absolute Gasteiger partial charge is 0.0498 e. The van der Waals surface area contributed by atoms with E-state index in [2.05, 4.69) is 57.0 Å². The van der Waals surface area contributed by atoms with E-state index in [9.17, 15) is 0 Å². The molecule has 0 saturated carbocycles. The first-order chi connectivity index (χ1) is 7.61. The van der Waals surface area contributed by atoms with Crippen molar-refractivity contribution in [3.63, 3.8) is 0 Å². The molecule has 0 heterocycles. The predicted molar refractivity (Wildman–Crippen MR) is 70.5 cm³/mol. The topological polar surface area (TPSA) is 29.3 Å². The van der Waals surface area contributed by atoms with E-state index in [1.54, 1.807) is 0 Å². The number of aryl methyl sites for hydroxylation is 1. The van der Waals surface area contributed by atoms with Crippen molar-refractivity contribution in [1.29, 1.82) is 0 Å². The molecule has 2 N–H and O–H groups in total. The van der Waals surface area contributed by atoms with Crippen LogP contribution in [0.5, 0.6) is 0 Å². The fourth-order valence-electron chi connectivity index (χ4n) is 2.13. The Bertz CT molecular complexity index is 312. The SMILES string of the molecule is CCC(N)C(c1ccccc1C)N(C)CC. The van der Waals surface area contributed by atoms with E-state index in [4.69, 9.17) is 5.73 Å². The summed E-state index contributed by atoms with van der Waals surface area (Å²) in [7, 11) is 2.15. The molecule has 2 atom stereocenters. The zero-order valence-corrected chi connectivity index (χ0v) is 10.9. The van der Waals surface area contributed by atoms with Crippen molar-refractivity contribution < 1.29 is 0 Å². The molecule has 0 fully saturated rings. The molecule has 2 unspecified atom stereocenters. The third-order valence-corrected chi connectivity index (χ3v) is 3.36. The fraction of sp³-hybridized carbons (Fsp3) is 0.571. The van der Waals surface area contributed by atoms with Crippen LogP contribution in [0.1, 0.15) is 37.4 Å². The highest BCUT2D eigenvalue weighted by Gasteiger charge is 2.23. The highest BCUT2D eigenvalue weighted by molar-refractivity contribution is 5.29. The molecule has 0 saturated heterocycles. The molecule has 2 nitrogen and oxygen atoms in total. The van der Waals surface area contributed by atoms with Crippen LogP contribution in [-0.4, -0.2) is 24.5 Å². The van der Waals surface area contributed by atoms with E-state index in [1.165, 1.54) is 11.1 Å². The molecule has 0 bridgehead atoms. The third-order valence-electron chi connectivity index (χ3n) is 3.36. The Hall–Kier alpha value is -0.860. The minimum Gasteiger partial charge on any atom is -0.326 e. The molecule has 1 aromatic carbocycles. The van der Waals surface area contributed by atoms with Gasteiger partial charge in [0.05, 0.1) is 0 Å². The van der Waals surface area contributed by atoms with E-state index < -0.39 is 0 Å². The quantitative estimate of drug-likeness (QED) is 0.826. The average molecular weight is 220 g/mol. The van der Waals surface area contributed by atoms with Gasteiger partial charge in [-0.3, -0.25) is 4.90 Å². The van der Waals surface area contributed by atoms with Crippen LogP contribution in [0.4, 0.5) is 0 Å². The molecule has 16 heavy (non-hydrogen) atoms. The van der Waals surface area contributed by atoms with Gasteiger partial charge in [-0.05, 0) is 38.1 Å². The summed E-state index contributed by atoms with van der Waals surface area (Å²) in [5.41, 5.74) is 8.95. The summed E-state index contributed by atoms with van der Waals surface area (Å²) in [6.07, 6.45) is 1.00. The summed E-state index contributed by atoms with van der Waals surface area (Å²) in [6, 6.07) is 9.07. The van der Waals surface area contributed by atoms with Crippen molar-refractivity contribution >= 4 is 0 Å². The number of nitrogens with zero attached hydrogens (tertiary/aromatic N) is 1. The van der Waals surface area contributed by atoms with Crippen LogP contribution in [0.2, 0.25) is 0 Å². The Morgan fingerprint density at radius 3 is 2.38 bits per heavy atom. The van der Waals surface area contributed by atoms with Crippen LogP contribution in [0, 0.1) is 6.92 Å². The summed E-state index contributed by atoms with van der Waals surface area (Å²) in [6.45, 7) is 7.51. The van der Waals surface area contributed by atoms with Gasteiger partial charge in [-0.1, -0.05) is 38.1 Å². The Kier molecular flexibility index (Phi) is 4.97. The first-order valence-corrected chi connectivity index (χ1v) is 6.13. The second-order valence-electron chi connectivity index (χ2n) is 4.45. The molecule has 1 rings (SSSR count). The van der Waals surface area contributed by atoms with Gasteiger partial charge < -0.3 is 5.73 Å². The molecule has 1 aromatic rings. The van der Waals surface area contributed by atoms with E-state index in [0.717, 1.165) is 13.0 Å². The third kappa shape index (κ3) is 2.83. The zero-order valence-electron chi connectivity index (χ0n) is 10.9. The molecule has 0 spiro atoms. The van der Waals surface area contributed by atoms with Gasteiger partial charge in [-0.2, -0.15) is 0 Å². The number of likely N-dealkylation sites (N-methyl/N-ethyl adjacent to an activating group) is 1. The molecule has 0 aliphatic rings. The first kappa shape index (κ1) is 13.2. The number of benzene rings is 1. The number of hydrogen-bond donors (Lipinski definition) is 1. The van der Waals surface area contributed by atoms with Gasteiger partial charge in [0.25, 0.3) is 0 Å². The van der Waals surface area contributed by atoms with Gasteiger partial charge in [0, 0.05) is 12.1 Å². The molecule has 0 aromatic heterocycles. The summed E-state index contributed by atoms with van der Waals surface area (Å²) >= 11 is 0. The molecular weight excluding hydrogens is 196 g/mol. The van der Waals surface area contributed by atoms with Crippen molar-refractivity contribution in [2.75, 3.05) is 13.6 Å². The molecule has 0 aliphatic carbocycles. The highest BCUT2D eigenvalue weighted by Crippen LogP contribution is 2.26. The monoisotopic (exact) mass is 220 g/mol. The van der Waals surface area contributed by atoms with Gasteiger partial charge in [0.15, 0.2) is 0 Å². The highest BCUT2D eigenvalue weighted by atomic mass is 15.1. The Balaban J connectivity index is 3.06. The molecule has 90 valence electrons. The van der Waals surface area contributed by atoms with E-state index in [1.807, 2.05) is 0 Å². The van der Waals surface area contributed by atoms with Crippen LogP contribution < -0.4 is 5.73 Å². The van der Waals surface area contributed by atoms with Crippen LogP contribution in [0.15, 0.2) is 24.3 Å². The van der Waals surface area contributed by atoms with Gasteiger partial charge >= 0.3 is 0 Å². The van der Waals surface area contributed by atoms with Crippen LogP contribution in [0.25, 0.3) is 0 Å². The lowest BCUT2D eigenvalue weighted by Crippen LogP contribution is -2.39. The lowest BCUT2D eigenvalue weighted by atomic mass is 9.93. The van der Waals surface area contributed by atoms with Crippen molar-refractivity contribution in [3.8, 4) is 0 Å². The lowest BCUT2D eigenvalue weighted by Gasteiger charge is -2.33. The van der Waals surface area contributed by atoms with Gasteiger partial charge in [0.1, 0.15) is 0 Å². The number of nitrogens with two attached hydrogens (primary N) is 1. The standard InChI is InChI=1S/C14H24N2/c1-5-13(15)14(16(4)6-2)12-10-8-7-9-11(12)3/h7-10,13-14H,5-6,15H2,1-4H3. The van der Waals surface area contributed by atoms with Crippen LogP contribution in [0.3, 0.4) is 0 Å². The molecular formula is C14H24N2. The number of hydrogen-bond acceptors (Lipinski definition) is 2. The summed E-state index contributed by atoms with van der Waals surface area (Å²) in [5.74, 6) is 0. The first-order valence-electron chi connectivity index (χ1n) is 6.13. The zero-order chi connectivity index (χ0) is 12.1. The molecule has 0 amide bonds. The van der Waals surface area contributed by atoms with Crippen molar-refractivity contribution in [2.24, 2.45) is 5.73 Å².